The summed E-state index contributed by atoms with van der Waals surface area (Å²) in [6, 6.07) is 17.2. The SMILES string of the molecule is CC[C@H](C(=O)NC(C)C)N(Cc1ccccc1)C(=O)CN(c1ccc(F)cc1)S(=O)(=O)c1ccc2c(c1)OCCO2. The number of hydrogen-bond acceptors (Lipinski definition) is 6. The minimum atomic E-state index is -4.35. The molecule has 0 radical (unpaired) electrons. The van der Waals surface area contributed by atoms with Crippen LogP contribution < -0.4 is 19.1 Å². The van der Waals surface area contributed by atoms with Crippen LogP contribution in [0.1, 0.15) is 32.8 Å². The molecule has 1 N–H and O–H groups in total. The smallest absolute Gasteiger partial charge is 0.264 e. The molecule has 0 bridgehead atoms. The molecule has 2 amide bonds. The average molecular weight is 584 g/mol. The van der Waals surface area contributed by atoms with Gasteiger partial charge in [-0.3, -0.25) is 13.9 Å². The lowest BCUT2D eigenvalue weighted by Gasteiger charge is -2.33. The number of anilines is 1. The Labute approximate surface area is 239 Å². The zero-order valence-electron chi connectivity index (χ0n) is 23.2. The highest BCUT2D eigenvalue weighted by atomic mass is 32.2. The van der Waals surface area contributed by atoms with Crippen molar-refractivity contribution in [3.8, 4) is 11.5 Å². The lowest BCUT2D eigenvalue weighted by atomic mass is 10.1. The largest absolute Gasteiger partial charge is 0.486 e. The maximum absolute atomic E-state index is 14.0. The molecule has 0 aromatic heterocycles. The molecule has 218 valence electrons. The number of benzene rings is 3. The molecule has 1 heterocycles. The van der Waals surface area contributed by atoms with Crippen LogP contribution in [-0.4, -0.2) is 57.0 Å². The fourth-order valence-electron chi connectivity index (χ4n) is 4.53. The van der Waals surface area contributed by atoms with Crippen LogP contribution in [0.3, 0.4) is 0 Å². The summed E-state index contributed by atoms with van der Waals surface area (Å²) < 4.78 is 53.9. The van der Waals surface area contributed by atoms with Crippen LogP contribution in [0.25, 0.3) is 0 Å². The molecule has 0 unspecified atom stereocenters. The molecule has 3 aromatic rings. The number of carbonyl (C=O) groups is 2. The zero-order chi connectivity index (χ0) is 29.6. The third-order valence-corrected chi connectivity index (χ3v) is 8.28. The Balaban J connectivity index is 1.74. The van der Waals surface area contributed by atoms with E-state index in [1.54, 1.807) is 6.92 Å². The molecule has 9 nitrogen and oxygen atoms in total. The molecule has 0 saturated carbocycles. The second-order valence-corrected chi connectivity index (χ2v) is 11.8. The highest BCUT2D eigenvalue weighted by Gasteiger charge is 2.34. The minimum Gasteiger partial charge on any atom is -0.486 e. The first-order valence-electron chi connectivity index (χ1n) is 13.4. The highest BCUT2D eigenvalue weighted by Crippen LogP contribution is 2.34. The molecule has 3 aromatic carbocycles. The van der Waals surface area contributed by atoms with Crippen molar-refractivity contribution in [1.82, 2.24) is 10.2 Å². The van der Waals surface area contributed by atoms with Crippen molar-refractivity contribution in [3.05, 3.63) is 84.2 Å². The molecule has 41 heavy (non-hydrogen) atoms. The average Bonchev–Trinajstić information content (AvgIpc) is 2.96. The molecule has 11 heteroatoms. The van der Waals surface area contributed by atoms with Crippen molar-refractivity contribution in [2.75, 3.05) is 24.1 Å². The van der Waals surface area contributed by atoms with E-state index in [-0.39, 0.29) is 41.4 Å². The number of ether oxygens (including phenoxy) is 2. The van der Waals surface area contributed by atoms with Gasteiger partial charge < -0.3 is 19.7 Å². The van der Waals surface area contributed by atoms with Gasteiger partial charge in [0.05, 0.1) is 10.6 Å². The Kier molecular flexibility index (Phi) is 9.49. The van der Waals surface area contributed by atoms with E-state index in [9.17, 15) is 22.4 Å². The number of rotatable bonds is 11. The number of amides is 2. The van der Waals surface area contributed by atoms with Crippen molar-refractivity contribution in [2.45, 2.75) is 50.7 Å². The quantitative estimate of drug-likeness (QED) is 0.364. The van der Waals surface area contributed by atoms with E-state index in [1.807, 2.05) is 44.2 Å². The van der Waals surface area contributed by atoms with Crippen molar-refractivity contribution in [3.63, 3.8) is 0 Å². The van der Waals surface area contributed by atoms with Gasteiger partial charge in [0.15, 0.2) is 11.5 Å². The molecule has 4 rings (SSSR count). The summed E-state index contributed by atoms with van der Waals surface area (Å²) in [5, 5.41) is 2.86. The first kappa shape index (κ1) is 29.9. The van der Waals surface area contributed by atoms with Crippen molar-refractivity contribution in [2.24, 2.45) is 0 Å². The Bertz CT molecular complexity index is 1470. The number of carbonyl (C=O) groups excluding carboxylic acids is 2. The number of hydrogen-bond donors (Lipinski definition) is 1. The summed E-state index contributed by atoms with van der Waals surface area (Å²) in [7, 11) is -4.35. The number of sulfonamides is 1. The normalized spacial score (nSPS) is 13.4. The lowest BCUT2D eigenvalue weighted by molar-refractivity contribution is -0.140. The number of nitrogens with one attached hydrogen (secondary N) is 1. The van der Waals surface area contributed by atoms with Gasteiger partial charge in [-0.1, -0.05) is 37.3 Å². The third kappa shape index (κ3) is 7.15. The van der Waals surface area contributed by atoms with Gasteiger partial charge >= 0.3 is 0 Å². The maximum Gasteiger partial charge on any atom is 0.264 e. The molecule has 1 atom stereocenters. The minimum absolute atomic E-state index is 0.0883. The number of fused-ring (bicyclic) bond motifs is 1. The van der Waals surface area contributed by atoms with Crippen molar-refractivity contribution >= 4 is 27.5 Å². The van der Waals surface area contributed by atoms with Crippen LogP contribution in [0.4, 0.5) is 10.1 Å². The van der Waals surface area contributed by atoms with E-state index < -0.39 is 34.3 Å². The number of nitrogens with zero attached hydrogens (tertiary/aromatic N) is 2. The molecule has 1 aliphatic heterocycles. The van der Waals surface area contributed by atoms with Gasteiger partial charge in [0, 0.05) is 18.7 Å². The van der Waals surface area contributed by atoms with E-state index in [2.05, 4.69) is 5.32 Å². The second kappa shape index (κ2) is 13.0. The summed E-state index contributed by atoms with van der Waals surface area (Å²) in [5.74, 6) is -0.806. The second-order valence-electron chi connectivity index (χ2n) is 9.89. The predicted molar refractivity (Wildman–Crippen MR) is 153 cm³/mol. The first-order chi connectivity index (χ1) is 19.6. The summed E-state index contributed by atoms with van der Waals surface area (Å²) in [6.45, 7) is 5.51. The molecular formula is C30H34FN3O6S. The number of halogens is 1. The van der Waals surface area contributed by atoms with Crippen LogP contribution >= 0.6 is 0 Å². The molecule has 0 spiro atoms. The fourth-order valence-corrected chi connectivity index (χ4v) is 5.96. The Morgan fingerprint density at radius 1 is 0.951 bits per heavy atom. The van der Waals surface area contributed by atoms with E-state index in [4.69, 9.17) is 9.47 Å². The molecular weight excluding hydrogens is 549 g/mol. The third-order valence-electron chi connectivity index (χ3n) is 6.51. The predicted octanol–water partition coefficient (Wildman–Crippen LogP) is 4.12. The summed E-state index contributed by atoms with van der Waals surface area (Å²) >= 11 is 0. The van der Waals surface area contributed by atoms with Crippen LogP contribution in [-0.2, 0) is 26.2 Å². The van der Waals surface area contributed by atoms with Gasteiger partial charge in [-0.15, -0.1) is 0 Å². The Morgan fingerprint density at radius 2 is 1.61 bits per heavy atom. The van der Waals surface area contributed by atoms with E-state index in [1.165, 1.54) is 35.2 Å². The van der Waals surface area contributed by atoms with Gasteiger partial charge in [-0.05, 0) is 62.2 Å². The maximum atomic E-state index is 14.0. The first-order valence-corrected chi connectivity index (χ1v) is 14.9. The van der Waals surface area contributed by atoms with Gasteiger partial charge in [0.2, 0.25) is 11.8 Å². The Hall–Kier alpha value is -4.12. The highest BCUT2D eigenvalue weighted by molar-refractivity contribution is 7.92. The summed E-state index contributed by atoms with van der Waals surface area (Å²) in [4.78, 5) is 28.5. The van der Waals surface area contributed by atoms with E-state index >= 15 is 0 Å². The lowest BCUT2D eigenvalue weighted by Crippen LogP contribution is -2.53. The monoisotopic (exact) mass is 583 g/mol. The van der Waals surface area contributed by atoms with Crippen LogP contribution in [0.2, 0.25) is 0 Å². The molecule has 0 saturated heterocycles. The van der Waals surface area contributed by atoms with Gasteiger partial charge in [-0.2, -0.15) is 0 Å². The topological polar surface area (TPSA) is 105 Å². The zero-order valence-corrected chi connectivity index (χ0v) is 24.1. The van der Waals surface area contributed by atoms with Gasteiger partial charge in [-0.25, -0.2) is 12.8 Å². The molecule has 0 fully saturated rings. The van der Waals surface area contributed by atoms with Gasteiger partial charge in [0.1, 0.15) is 31.6 Å². The summed E-state index contributed by atoms with van der Waals surface area (Å²) in [5.41, 5.74) is 0.869. The standard InChI is InChI=1S/C30H34FN3O6S/c1-4-26(30(36)32-21(2)3)33(19-22-8-6-5-7-9-22)29(35)20-34(24-12-10-23(31)11-13-24)41(37,38)25-14-15-27-28(18-25)40-17-16-39-27/h5-15,18,21,26H,4,16-17,19-20H2,1-3H3,(H,32,36)/t26-/m1/s1. The fraction of sp³-hybridized carbons (Fsp3) is 0.333. The van der Waals surface area contributed by atoms with Crippen molar-refractivity contribution < 1.29 is 31.9 Å². The van der Waals surface area contributed by atoms with E-state index in [0.29, 0.717) is 18.8 Å². The van der Waals surface area contributed by atoms with Gasteiger partial charge in [0.25, 0.3) is 10.0 Å². The van der Waals surface area contributed by atoms with Crippen LogP contribution in [0.15, 0.2) is 77.7 Å². The Morgan fingerprint density at radius 3 is 2.24 bits per heavy atom. The summed E-state index contributed by atoms with van der Waals surface area (Å²) in [6.07, 6.45) is 0.308. The molecule has 1 aliphatic rings. The van der Waals surface area contributed by atoms with Crippen molar-refractivity contribution in [1.29, 1.82) is 0 Å². The van der Waals surface area contributed by atoms with E-state index in [0.717, 1.165) is 22.0 Å². The van der Waals surface area contributed by atoms with Crippen LogP contribution in [0.5, 0.6) is 11.5 Å². The van der Waals surface area contributed by atoms with Crippen LogP contribution in [0, 0.1) is 5.82 Å². The molecule has 0 aliphatic carbocycles.